The summed E-state index contributed by atoms with van der Waals surface area (Å²) in [7, 11) is -4.09. The van der Waals surface area contributed by atoms with E-state index in [1.807, 2.05) is 31.2 Å². The number of sulfonamides is 1. The summed E-state index contributed by atoms with van der Waals surface area (Å²) in [5.74, 6) is 0.595. The predicted octanol–water partition coefficient (Wildman–Crippen LogP) is 4.65. The molecule has 3 aromatic rings. The number of benzene rings is 3. The Bertz CT molecular complexity index is 1220. The standard InChI is InChI=1S/C25H27ClN2O5S/c1-3-32-21-9-7-8-19(16-21)17-27-25(29)18-28(23-10-5-6-11-24(23)33-4-2)34(30,31)22-14-12-20(26)13-15-22/h5-16H,3-4,17-18H2,1-2H3,(H,27,29). The highest BCUT2D eigenvalue weighted by Gasteiger charge is 2.29. The summed E-state index contributed by atoms with van der Waals surface area (Å²) >= 11 is 5.94. The molecule has 0 fully saturated rings. The van der Waals surface area contributed by atoms with Crippen molar-refractivity contribution >= 4 is 33.2 Å². The molecule has 0 atom stereocenters. The SMILES string of the molecule is CCOc1cccc(CNC(=O)CN(c2ccccc2OCC)S(=O)(=O)c2ccc(Cl)cc2)c1. The largest absolute Gasteiger partial charge is 0.494 e. The molecule has 9 heteroatoms. The van der Waals surface area contributed by atoms with Crippen LogP contribution in [0.2, 0.25) is 5.02 Å². The molecule has 0 saturated heterocycles. The van der Waals surface area contributed by atoms with Crippen LogP contribution < -0.4 is 19.1 Å². The molecule has 0 heterocycles. The van der Waals surface area contributed by atoms with Gasteiger partial charge in [0.2, 0.25) is 5.91 Å². The van der Waals surface area contributed by atoms with E-state index < -0.39 is 22.5 Å². The molecule has 3 aromatic carbocycles. The molecule has 1 amide bonds. The van der Waals surface area contributed by atoms with Gasteiger partial charge in [-0.3, -0.25) is 9.10 Å². The van der Waals surface area contributed by atoms with E-state index in [1.165, 1.54) is 24.3 Å². The molecule has 0 aliphatic heterocycles. The van der Waals surface area contributed by atoms with Crippen molar-refractivity contribution in [2.75, 3.05) is 24.1 Å². The molecule has 0 aliphatic carbocycles. The number of ether oxygens (including phenoxy) is 2. The predicted molar refractivity (Wildman–Crippen MR) is 133 cm³/mol. The number of hydrogen-bond donors (Lipinski definition) is 1. The van der Waals surface area contributed by atoms with Crippen molar-refractivity contribution < 1.29 is 22.7 Å². The van der Waals surface area contributed by atoms with Crippen molar-refractivity contribution in [1.82, 2.24) is 5.32 Å². The van der Waals surface area contributed by atoms with Crippen molar-refractivity contribution in [3.8, 4) is 11.5 Å². The number of para-hydroxylation sites is 2. The first kappa shape index (κ1) is 25.4. The minimum Gasteiger partial charge on any atom is -0.494 e. The van der Waals surface area contributed by atoms with Gasteiger partial charge in [-0.25, -0.2) is 8.42 Å². The van der Waals surface area contributed by atoms with Gasteiger partial charge in [0.1, 0.15) is 18.0 Å². The maximum absolute atomic E-state index is 13.6. The highest BCUT2D eigenvalue weighted by Crippen LogP contribution is 2.32. The maximum Gasteiger partial charge on any atom is 0.264 e. The Morgan fingerprint density at radius 3 is 2.35 bits per heavy atom. The van der Waals surface area contributed by atoms with E-state index in [4.69, 9.17) is 21.1 Å². The maximum atomic E-state index is 13.6. The Labute approximate surface area is 205 Å². The third kappa shape index (κ3) is 6.42. The normalized spacial score (nSPS) is 11.0. The Balaban J connectivity index is 1.88. The topological polar surface area (TPSA) is 84.9 Å². The fourth-order valence-corrected chi connectivity index (χ4v) is 4.83. The number of carbonyl (C=O) groups excluding carboxylic acids is 1. The zero-order chi connectivity index (χ0) is 24.6. The average Bonchev–Trinajstić information content (AvgIpc) is 2.83. The number of halogens is 1. The molecule has 0 spiro atoms. The average molecular weight is 503 g/mol. The highest BCUT2D eigenvalue weighted by atomic mass is 35.5. The van der Waals surface area contributed by atoms with E-state index in [2.05, 4.69) is 5.32 Å². The van der Waals surface area contributed by atoms with Crippen molar-refractivity contribution in [3.63, 3.8) is 0 Å². The number of amides is 1. The Kier molecular flexibility index (Phi) is 8.79. The minimum atomic E-state index is -4.09. The zero-order valence-electron chi connectivity index (χ0n) is 19.0. The number of anilines is 1. The summed E-state index contributed by atoms with van der Waals surface area (Å²) in [5, 5.41) is 3.20. The first-order valence-electron chi connectivity index (χ1n) is 10.8. The summed E-state index contributed by atoms with van der Waals surface area (Å²) in [6.45, 7) is 4.37. The van der Waals surface area contributed by atoms with Crippen molar-refractivity contribution in [2.24, 2.45) is 0 Å². The van der Waals surface area contributed by atoms with Gasteiger partial charge in [-0.2, -0.15) is 0 Å². The van der Waals surface area contributed by atoms with Gasteiger partial charge in [0.05, 0.1) is 23.8 Å². The fraction of sp³-hybridized carbons (Fsp3) is 0.240. The van der Waals surface area contributed by atoms with E-state index >= 15 is 0 Å². The number of hydrogen-bond acceptors (Lipinski definition) is 5. The second kappa shape index (κ2) is 11.8. The van der Waals surface area contributed by atoms with Gasteiger partial charge < -0.3 is 14.8 Å². The lowest BCUT2D eigenvalue weighted by Gasteiger charge is -2.26. The van der Waals surface area contributed by atoms with Crippen LogP contribution in [0.1, 0.15) is 19.4 Å². The Hall–Kier alpha value is -3.23. The molecule has 0 saturated carbocycles. The van der Waals surface area contributed by atoms with E-state index in [1.54, 1.807) is 31.2 Å². The van der Waals surface area contributed by atoms with Crippen LogP contribution in [0.4, 0.5) is 5.69 Å². The van der Waals surface area contributed by atoms with Crippen LogP contribution in [0.15, 0.2) is 77.7 Å². The second-order valence-electron chi connectivity index (χ2n) is 7.22. The van der Waals surface area contributed by atoms with Crippen molar-refractivity contribution in [2.45, 2.75) is 25.3 Å². The van der Waals surface area contributed by atoms with Crippen LogP contribution in [0.25, 0.3) is 0 Å². The number of carbonyl (C=O) groups is 1. The van der Waals surface area contributed by atoms with Gasteiger partial charge in [-0.1, -0.05) is 35.9 Å². The summed E-state index contributed by atoms with van der Waals surface area (Å²) in [5.41, 5.74) is 1.11. The first-order valence-corrected chi connectivity index (χ1v) is 12.7. The van der Waals surface area contributed by atoms with Gasteiger partial charge in [0.15, 0.2) is 0 Å². The van der Waals surface area contributed by atoms with Crippen LogP contribution in [0, 0.1) is 0 Å². The van der Waals surface area contributed by atoms with Gasteiger partial charge in [0.25, 0.3) is 10.0 Å². The molecule has 0 unspecified atom stereocenters. The second-order valence-corrected chi connectivity index (χ2v) is 9.52. The van der Waals surface area contributed by atoms with E-state index in [9.17, 15) is 13.2 Å². The molecule has 7 nitrogen and oxygen atoms in total. The van der Waals surface area contributed by atoms with E-state index in [0.717, 1.165) is 9.87 Å². The number of nitrogens with zero attached hydrogens (tertiary/aromatic N) is 1. The highest BCUT2D eigenvalue weighted by molar-refractivity contribution is 7.92. The Morgan fingerprint density at radius 1 is 0.941 bits per heavy atom. The van der Waals surface area contributed by atoms with E-state index in [-0.39, 0.29) is 17.1 Å². The van der Waals surface area contributed by atoms with E-state index in [0.29, 0.717) is 29.7 Å². The molecule has 0 radical (unpaired) electrons. The molecule has 0 aromatic heterocycles. The summed E-state index contributed by atoms with van der Waals surface area (Å²) in [6.07, 6.45) is 0. The monoisotopic (exact) mass is 502 g/mol. The molecular weight excluding hydrogens is 476 g/mol. The Morgan fingerprint density at radius 2 is 1.65 bits per heavy atom. The van der Waals surface area contributed by atoms with Gasteiger partial charge in [-0.05, 0) is 67.9 Å². The fourth-order valence-electron chi connectivity index (χ4n) is 3.27. The summed E-state index contributed by atoms with van der Waals surface area (Å²) in [4.78, 5) is 12.9. The lowest BCUT2D eigenvalue weighted by atomic mass is 10.2. The van der Waals surface area contributed by atoms with Gasteiger partial charge in [0, 0.05) is 11.6 Å². The third-order valence-electron chi connectivity index (χ3n) is 4.82. The first-order chi connectivity index (χ1) is 16.3. The molecule has 0 bridgehead atoms. The van der Waals surface area contributed by atoms with Crippen LogP contribution >= 0.6 is 11.6 Å². The van der Waals surface area contributed by atoms with Gasteiger partial charge >= 0.3 is 0 Å². The lowest BCUT2D eigenvalue weighted by molar-refractivity contribution is -0.119. The van der Waals surface area contributed by atoms with Crippen LogP contribution in [0.3, 0.4) is 0 Å². The zero-order valence-corrected chi connectivity index (χ0v) is 20.6. The molecule has 34 heavy (non-hydrogen) atoms. The van der Waals surface area contributed by atoms with Crippen molar-refractivity contribution in [3.05, 3.63) is 83.4 Å². The molecular formula is C25H27ClN2O5S. The molecule has 0 aliphatic rings. The quantitative estimate of drug-likeness (QED) is 0.412. The number of rotatable bonds is 11. The summed E-state index contributed by atoms with van der Waals surface area (Å²) in [6, 6.07) is 19.9. The van der Waals surface area contributed by atoms with Crippen LogP contribution in [0.5, 0.6) is 11.5 Å². The minimum absolute atomic E-state index is 0.0143. The summed E-state index contributed by atoms with van der Waals surface area (Å²) < 4.78 is 39.3. The van der Waals surface area contributed by atoms with Crippen LogP contribution in [-0.2, 0) is 21.4 Å². The van der Waals surface area contributed by atoms with Gasteiger partial charge in [-0.15, -0.1) is 0 Å². The molecule has 180 valence electrons. The smallest absolute Gasteiger partial charge is 0.264 e. The van der Waals surface area contributed by atoms with Crippen LogP contribution in [-0.4, -0.2) is 34.1 Å². The molecule has 1 N–H and O–H groups in total. The molecule has 3 rings (SSSR count). The number of nitrogens with one attached hydrogen (secondary N) is 1. The van der Waals surface area contributed by atoms with Crippen molar-refractivity contribution in [1.29, 1.82) is 0 Å². The third-order valence-corrected chi connectivity index (χ3v) is 6.85. The lowest BCUT2D eigenvalue weighted by Crippen LogP contribution is -2.40.